The highest BCUT2D eigenvalue weighted by molar-refractivity contribution is 5.81. The van der Waals surface area contributed by atoms with Crippen molar-refractivity contribution in [3.63, 3.8) is 0 Å². The molecule has 0 saturated carbocycles. The Morgan fingerprint density at radius 1 is 1.09 bits per heavy atom. The monoisotopic (exact) mass is 291 g/mol. The smallest absolute Gasteiger partial charge is 0.113 e. The summed E-state index contributed by atoms with van der Waals surface area (Å²) in [7, 11) is 0. The van der Waals surface area contributed by atoms with E-state index < -0.39 is 0 Å². The van der Waals surface area contributed by atoms with E-state index in [0.29, 0.717) is 5.92 Å². The molecule has 0 aliphatic rings. The maximum absolute atomic E-state index is 4.28. The van der Waals surface area contributed by atoms with Gasteiger partial charge in [0.15, 0.2) is 0 Å². The average molecular weight is 291 g/mol. The van der Waals surface area contributed by atoms with E-state index in [9.17, 15) is 0 Å². The molecule has 3 aromatic rings. The van der Waals surface area contributed by atoms with Crippen LogP contribution in [0.15, 0.2) is 48.5 Å². The summed E-state index contributed by atoms with van der Waals surface area (Å²) in [4.78, 5) is 0. The number of hydrogen-bond donors (Lipinski definition) is 0. The molecule has 0 atom stereocenters. The lowest BCUT2D eigenvalue weighted by Crippen LogP contribution is -1.97. The first kappa shape index (κ1) is 14.5. The Labute approximate surface area is 131 Å². The zero-order valence-corrected chi connectivity index (χ0v) is 13.3. The molecule has 22 heavy (non-hydrogen) atoms. The van der Waals surface area contributed by atoms with Gasteiger partial charge in [0.2, 0.25) is 0 Å². The van der Waals surface area contributed by atoms with Crippen LogP contribution in [-0.2, 0) is 0 Å². The molecule has 2 aromatic carbocycles. The number of fused-ring (bicyclic) bond motifs is 1. The Kier molecular flexibility index (Phi) is 4.05. The van der Waals surface area contributed by atoms with E-state index in [2.05, 4.69) is 61.5 Å². The van der Waals surface area contributed by atoms with Crippen LogP contribution < -0.4 is 0 Å². The summed E-state index contributed by atoms with van der Waals surface area (Å²) in [5, 5.41) is 8.50. The Morgan fingerprint density at radius 3 is 2.55 bits per heavy atom. The number of rotatable bonds is 4. The molecule has 3 nitrogen and oxygen atoms in total. The third-order valence-corrected chi connectivity index (χ3v) is 3.71. The van der Waals surface area contributed by atoms with Crippen molar-refractivity contribution in [1.82, 2.24) is 15.0 Å². The van der Waals surface area contributed by atoms with Crippen LogP contribution in [0, 0.1) is 12.8 Å². The number of aromatic nitrogens is 3. The first-order valence-corrected chi connectivity index (χ1v) is 7.71. The molecular formula is C19H21N3. The normalized spacial score (nSPS) is 12.3. The van der Waals surface area contributed by atoms with Crippen molar-refractivity contribution in [1.29, 1.82) is 0 Å². The summed E-state index contributed by atoms with van der Waals surface area (Å²) in [6, 6.07) is 16.7. The lowest BCUT2D eigenvalue weighted by atomic mass is 9.96. The number of nitrogens with zero attached hydrogens (tertiary/aromatic N) is 3. The average Bonchev–Trinajstić information content (AvgIpc) is 2.90. The summed E-state index contributed by atoms with van der Waals surface area (Å²) in [6.45, 7) is 6.59. The topological polar surface area (TPSA) is 30.7 Å². The fraction of sp³-hybridized carbons (Fsp3) is 0.263. The SMILES string of the molecule is Cc1ccc(/C(=C/n2nnc3ccccc32)CC(C)C)cc1. The van der Waals surface area contributed by atoms with Crippen molar-refractivity contribution in [2.75, 3.05) is 0 Å². The quantitative estimate of drug-likeness (QED) is 0.692. The third kappa shape index (κ3) is 3.08. The number of allylic oxidation sites excluding steroid dienone is 1. The fourth-order valence-electron chi connectivity index (χ4n) is 2.58. The van der Waals surface area contributed by atoms with Crippen molar-refractivity contribution in [3.8, 4) is 0 Å². The van der Waals surface area contributed by atoms with Crippen LogP contribution in [0.25, 0.3) is 22.8 Å². The lowest BCUT2D eigenvalue weighted by Gasteiger charge is -2.11. The Morgan fingerprint density at radius 2 is 1.82 bits per heavy atom. The predicted molar refractivity (Wildman–Crippen MR) is 92.3 cm³/mol. The maximum atomic E-state index is 4.28. The van der Waals surface area contributed by atoms with Crippen molar-refractivity contribution < 1.29 is 0 Å². The standard InChI is InChI=1S/C19H21N3/c1-14(2)12-17(16-10-8-15(3)9-11-16)13-22-19-7-5-4-6-18(19)20-21-22/h4-11,13-14H,12H2,1-3H3/b17-13+. The van der Waals surface area contributed by atoms with Crippen molar-refractivity contribution in [2.45, 2.75) is 27.2 Å². The van der Waals surface area contributed by atoms with Crippen LogP contribution in [0.5, 0.6) is 0 Å². The molecule has 0 bridgehead atoms. The van der Waals surface area contributed by atoms with Gasteiger partial charge in [0.1, 0.15) is 5.52 Å². The molecule has 1 aromatic heterocycles. The van der Waals surface area contributed by atoms with Crippen molar-refractivity contribution >= 4 is 22.8 Å². The number of para-hydroxylation sites is 1. The minimum atomic E-state index is 0.585. The first-order chi connectivity index (χ1) is 10.6. The van der Waals surface area contributed by atoms with Crippen LogP contribution in [-0.4, -0.2) is 15.0 Å². The zero-order valence-electron chi connectivity index (χ0n) is 13.3. The molecule has 3 rings (SSSR count). The van der Waals surface area contributed by atoms with Gasteiger partial charge in [-0.3, -0.25) is 0 Å². The Hall–Kier alpha value is -2.42. The molecule has 0 N–H and O–H groups in total. The molecule has 0 aliphatic carbocycles. The van der Waals surface area contributed by atoms with Gasteiger partial charge in [0, 0.05) is 6.20 Å². The largest absolute Gasteiger partial charge is 0.220 e. The van der Waals surface area contributed by atoms with Crippen molar-refractivity contribution in [3.05, 3.63) is 59.7 Å². The van der Waals surface area contributed by atoms with E-state index in [-0.39, 0.29) is 0 Å². The third-order valence-electron chi connectivity index (χ3n) is 3.71. The Balaban J connectivity index is 2.06. The van der Waals surface area contributed by atoms with E-state index in [1.807, 2.05) is 28.9 Å². The van der Waals surface area contributed by atoms with E-state index in [1.165, 1.54) is 16.7 Å². The summed E-state index contributed by atoms with van der Waals surface area (Å²) in [6.07, 6.45) is 3.12. The van der Waals surface area contributed by atoms with E-state index in [4.69, 9.17) is 0 Å². The molecule has 0 fully saturated rings. The van der Waals surface area contributed by atoms with Gasteiger partial charge in [-0.05, 0) is 42.5 Å². The molecule has 0 spiro atoms. The zero-order chi connectivity index (χ0) is 15.5. The van der Waals surface area contributed by atoms with Gasteiger partial charge >= 0.3 is 0 Å². The minimum Gasteiger partial charge on any atom is -0.220 e. The molecule has 0 aliphatic heterocycles. The molecule has 0 saturated heterocycles. The van der Waals surface area contributed by atoms with Crippen LogP contribution in [0.1, 0.15) is 31.4 Å². The van der Waals surface area contributed by atoms with Gasteiger partial charge in [0.05, 0.1) is 5.52 Å². The second-order valence-electron chi connectivity index (χ2n) is 6.14. The van der Waals surface area contributed by atoms with Gasteiger partial charge in [-0.15, -0.1) is 5.10 Å². The van der Waals surface area contributed by atoms with E-state index in [1.54, 1.807) is 0 Å². The molecular weight excluding hydrogens is 270 g/mol. The lowest BCUT2D eigenvalue weighted by molar-refractivity contribution is 0.673. The van der Waals surface area contributed by atoms with Crippen LogP contribution in [0.3, 0.4) is 0 Å². The highest BCUT2D eigenvalue weighted by Gasteiger charge is 2.07. The van der Waals surface area contributed by atoms with Crippen LogP contribution in [0.2, 0.25) is 0 Å². The molecule has 0 radical (unpaired) electrons. The van der Waals surface area contributed by atoms with Crippen molar-refractivity contribution in [2.24, 2.45) is 5.92 Å². The van der Waals surface area contributed by atoms with Crippen LogP contribution >= 0.6 is 0 Å². The van der Waals surface area contributed by atoms with Gasteiger partial charge in [-0.2, -0.15) is 0 Å². The second-order valence-corrected chi connectivity index (χ2v) is 6.14. The summed E-state index contributed by atoms with van der Waals surface area (Å²) >= 11 is 0. The summed E-state index contributed by atoms with van der Waals surface area (Å²) in [5.74, 6) is 0.585. The molecule has 112 valence electrons. The molecule has 0 unspecified atom stereocenters. The van der Waals surface area contributed by atoms with Gasteiger partial charge in [0.25, 0.3) is 0 Å². The second kappa shape index (κ2) is 6.14. The highest BCUT2D eigenvalue weighted by atomic mass is 15.4. The number of hydrogen-bond acceptors (Lipinski definition) is 2. The number of benzene rings is 2. The predicted octanol–water partition coefficient (Wildman–Crippen LogP) is 4.78. The Bertz CT molecular complexity index is 795. The molecule has 0 amide bonds. The fourth-order valence-corrected chi connectivity index (χ4v) is 2.58. The molecule has 1 heterocycles. The highest BCUT2D eigenvalue weighted by Crippen LogP contribution is 2.24. The van der Waals surface area contributed by atoms with Gasteiger partial charge in [-0.1, -0.05) is 61.0 Å². The number of aryl methyl sites for hydroxylation is 1. The van der Waals surface area contributed by atoms with E-state index >= 15 is 0 Å². The maximum Gasteiger partial charge on any atom is 0.113 e. The van der Waals surface area contributed by atoms with Crippen LogP contribution in [0.4, 0.5) is 0 Å². The van der Waals surface area contributed by atoms with E-state index in [0.717, 1.165) is 17.5 Å². The molecule has 3 heteroatoms. The summed E-state index contributed by atoms with van der Waals surface area (Å²) in [5.41, 5.74) is 5.77. The van der Waals surface area contributed by atoms with Gasteiger partial charge in [-0.25, -0.2) is 4.68 Å². The minimum absolute atomic E-state index is 0.585. The van der Waals surface area contributed by atoms with Gasteiger partial charge < -0.3 is 0 Å². The first-order valence-electron chi connectivity index (χ1n) is 7.71. The summed E-state index contributed by atoms with van der Waals surface area (Å²) < 4.78 is 1.88.